The molecule has 6 heterocycles. The van der Waals surface area contributed by atoms with Crippen LogP contribution in [0.1, 0.15) is 22.8 Å². The average molecular weight is 873 g/mol. The predicted octanol–water partition coefficient (Wildman–Crippen LogP) is 10.4. The zero-order valence-electron chi connectivity index (χ0n) is 31.7. The van der Waals surface area contributed by atoms with E-state index in [-0.39, 0.29) is 26.4 Å². The molecule has 5 N–H and O–H groups in total. The molecule has 11 heteroatoms. The van der Waals surface area contributed by atoms with E-state index in [9.17, 15) is 9.59 Å². The number of benzene rings is 4. The summed E-state index contributed by atoms with van der Waals surface area (Å²) in [6, 6.07) is 47.6. The number of aromatic amines is 2. The summed E-state index contributed by atoms with van der Waals surface area (Å²) in [6.45, 7) is 0. The summed E-state index contributed by atoms with van der Waals surface area (Å²) in [6.07, 6.45) is 9.85. The molecule has 0 spiro atoms. The largest absolute Gasteiger partial charge is 0.354 e. The summed E-state index contributed by atoms with van der Waals surface area (Å²) in [4.78, 5) is 46.1. The second-order valence-corrected chi connectivity index (χ2v) is 14.1. The van der Waals surface area contributed by atoms with Crippen molar-refractivity contribution in [3.63, 3.8) is 0 Å². The summed E-state index contributed by atoms with van der Waals surface area (Å²) in [5.74, 6) is 0.0182. The van der Waals surface area contributed by atoms with Crippen molar-refractivity contribution in [1.82, 2.24) is 29.5 Å². The van der Waals surface area contributed by atoms with Gasteiger partial charge in [0.2, 0.25) is 5.95 Å². The third-order valence-electron chi connectivity index (χ3n) is 10.4. The van der Waals surface area contributed by atoms with E-state index in [0.29, 0.717) is 5.69 Å². The number of amides is 2. The fourth-order valence-electron chi connectivity index (χ4n) is 7.83. The van der Waals surface area contributed by atoms with Gasteiger partial charge < -0.3 is 15.7 Å². The van der Waals surface area contributed by atoms with E-state index in [1.54, 1.807) is 10.8 Å². The fraction of sp³-hybridized carbons (Fsp3) is 0. The minimum Gasteiger partial charge on any atom is -0.354 e. The predicted molar refractivity (Wildman–Crippen MR) is 237 cm³/mol. The minimum atomic E-state index is -0.826. The molecule has 0 saturated carbocycles. The van der Waals surface area contributed by atoms with Crippen LogP contribution in [0.5, 0.6) is 0 Å². The first-order valence-corrected chi connectivity index (χ1v) is 19.1. The Hall–Kier alpha value is -7.71. The summed E-state index contributed by atoms with van der Waals surface area (Å²) in [7, 11) is 0. The molecule has 8 aromatic rings. The number of nitrogens with zero attached hydrogens (tertiary/aromatic N) is 4. The van der Waals surface area contributed by atoms with Gasteiger partial charge in [-0.15, -0.1) is 0 Å². The average Bonchev–Trinajstić information content (AvgIpc) is 4.11. The van der Waals surface area contributed by atoms with Crippen molar-refractivity contribution < 1.29 is 25.2 Å². The van der Waals surface area contributed by atoms with Crippen LogP contribution in [-0.4, -0.2) is 35.5 Å². The molecule has 60 heavy (non-hydrogen) atoms. The number of hydrogen-bond donors (Lipinski definition) is 4. The summed E-state index contributed by atoms with van der Waals surface area (Å²) in [5, 5.41) is 2.45. The van der Waals surface area contributed by atoms with Crippen molar-refractivity contribution >= 4 is 58.4 Å². The Morgan fingerprint density at radius 1 is 0.483 bits per heavy atom. The first-order valence-electron chi connectivity index (χ1n) is 19.1. The molecule has 0 unspecified atom stereocenters. The quantitative estimate of drug-likeness (QED) is 0.123. The second kappa shape index (κ2) is 15.9. The van der Waals surface area contributed by atoms with Gasteiger partial charge >= 0.3 is 6.03 Å². The second-order valence-electron chi connectivity index (χ2n) is 14.1. The molecular weight excluding hydrogens is 839 g/mol. The van der Waals surface area contributed by atoms with Crippen LogP contribution >= 0.6 is 0 Å². The van der Waals surface area contributed by atoms with Crippen molar-refractivity contribution in [1.29, 1.82) is 0 Å². The maximum absolute atomic E-state index is 12.1. The molecule has 0 radical (unpaired) electrons. The van der Waals surface area contributed by atoms with Gasteiger partial charge in [0.15, 0.2) is 0 Å². The summed E-state index contributed by atoms with van der Waals surface area (Å²) in [5.41, 5.74) is 20.2. The van der Waals surface area contributed by atoms with Gasteiger partial charge in [0, 0.05) is 82.7 Å². The number of carbonyl (C=O) groups is 1. The number of carbonyl (C=O) groups excluding carboxylic acids is 1. The zero-order valence-corrected chi connectivity index (χ0v) is 33.3. The van der Waals surface area contributed by atoms with Gasteiger partial charge in [0.05, 0.1) is 22.8 Å². The molecular formula is C49H34N8O2Pd. The molecule has 10 nitrogen and oxygen atoms in total. The van der Waals surface area contributed by atoms with E-state index in [2.05, 4.69) is 117 Å². The standard InChI is InChI=1S/C49H34N8O2.Pd/c50-48(59)56-49-55-43(58)28-29-57(49)34-18-16-33(17-19-34)47-41-26-24-39(53-41)45(31-12-6-2-7-13-31)37-22-20-35(51-37)44(30-10-4-1-5-11-30)36-21-23-38(52-36)46(32-14-8-3-9-15-32)40-25-27-42(47)54-40;/h1-29,51,54H,(H3,50,55,56,58,59);. The Labute approximate surface area is 357 Å². The normalized spacial score (nSPS) is 11.6. The summed E-state index contributed by atoms with van der Waals surface area (Å²) >= 11 is 0. The molecule has 0 aliphatic carbocycles. The number of nitrogens with one attached hydrogen (secondary N) is 3. The molecule has 4 aromatic carbocycles. The Morgan fingerprint density at radius 2 is 0.850 bits per heavy atom. The van der Waals surface area contributed by atoms with Crippen LogP contribution in [-0.2, 0) is 20.4 Å². The Kier molecular flexibility index (Phi) is 10.0. The molecule has 2 amide bonds. The fourth-order valence-corrected chi connectivity index (χ4v) is 7.83. The van der Waals surface area contributed by atoms with Crippen molar-refractivity contribution in [3.05, 3.63) is 185 Å². The number of urea groups is 1. The number of H-pyrrole nitrogens is 2. The molecule has 10 rings (SSSR count). The number of aromatic nitrogens is 6. The first-order chi connectivity index (χ1) is 29.0. The van der Waals surface area contributed by atoms with Gasteiger partial charge in [-0.05, 0) is 83.0 Å². The Bertz CT molecular complexity index is 3190. The van der Waals surface area contributed by atoms with Gasteiger partial charge in [-0.3, -0.25) is 14.7 Å². The van der Waals surface area contributed by atoms with Crippen molar-refractivity contribution in [3.8, 4) is 50.2 Å². The Morgan fingerprint density at radius 3 is 1.22 bits per heavy atom. The van der Waals surface area contributed by atoms with Crippen molar-refractivity contribution in [2.24, 2.45) is 5.73 Å². The maximum atomic E-state index is 12.1. The smallest absolute Gasteiger partial charge is 0.318 e. The van der Waals surface area contributed by atoms with E-state index < -0.39 is 11.6 Å². The van der Waals surface area contributed by atoms with E-state index in [4.69, 9.17) is 15.7 Å². The van der Waals surface area contributed by atoms with Gasteiger partial charge in [-0.2, -0.15) is 4.98 Å². The monoisotopic (exact) mass is 872 g/mol. The molecule has 2 aliphatic heterocycles. The SMILES string of the molecule is NC(=O)Nc1nc(=O)ccn1-c1ccc(-c2c3nc(c(-c4ccccc4)c4ccc([nH]4)c(-c4ccccc4)c4nc(c(-c5ccccc5)c5ccc2[nH]5)C=C4)C=C3)cc1.[Pd]. The molecule has 8 bridgehead atoms. The topological polar surface area (TPSA) is 147 Å². The minimum absolute atomic E-state index is 0. The molecule has 2 aliphatic rings. The number of fused-ring (bicyclic) bond motifs is 8. The van der Waals surface area contributed by atoms with Crippen LogP contribution in [0.2, 0.25) is 0 Å². The summed E-state index contributed by atoms with van der Waals surface area (Å²) < 4.78 is 1.60. The van der Waals surface area contributed by atoms with E-state index >= 15 is 0 Å². The van der Waals surface area contributed by atoms with Crippen LogP contribution in [0, 0.1) is 0 Å². The molecule has 0 saturated heterocycles. The van der Waals surface area contributed by atoms with Crippen LogP contribution < -0.4 is 16.6 Å². The number of hydrogen-bond acceptors (Lipinski definition) is 5. The van der Waals surface area contributed by atoms with Gasteiger partial charge in [0.1, 0.15) is 0 Å². The maximum Gasteiger partial charge on any atom is 0.318 e. The number of anilines is 1. The molecule has 0 fully saturated rings. The van der Waals surface area contributed by atoms with Crippen molar-refractivity contribution in [2.75, 3.05) is 5.32 Å². The third kappa shape index (κ3) is 7.09. The van der Waals surface area contributed by atoms with Crippen LogP contribution in [0.4, 0.5) is 10.7 Å². The number of nitrogens with two attached hydrogens (primary N) is 1. The van der Waals surface area contributed by atoms with E-state index in [1.165, 1.54) is 6.07 Å². The molecule has 0 atom stereocenters. The van der Waals surface area contributed by atoms with Crippen molar-refractivity contribution in [2.45, 2.75) is 0 Å². The van der Waals surface area contributed by atoms with Gasteiger partial charge in [0.25, 0.3) is 5.56 Å². The van der Waals surface area contributed by atoms with E-state index in [1.807, 2.05) is 66.7 Å². The molecule has 292 valence electrons. The Balaban J connectivity index is 0.00000462. The van der Waals surface area contributed by atoms with Gasteiger partial charge in [-0.25, -0.2) is 14.8 Å². The molecule has 4 aromatic heterocycles. The number of rotatable bonds is 6. The first kappa shape index (κ1) is 37.8. The zero-order chi connectivity index (χ0) is 39.9. The van der Waals surface area contributed by atoms with E-state index in [0.717, 1.165) is 89.4 Å². The van der Waals surface area contributed by atoms with Gasteiger partial charge in [-0.1, -0.05) is 103 Å². The van der Waals surface area contributed by atoms with Crippen LogP contribution in [0.3, 0.4) is 0 Å². The number of primary amides is 1. The third-order valence-corrected chi connectivity index (χ3v) is 10.4. The van der Waals surface area contributed by atoms with Crippen LogP contribution in [0.15, 0.2) is 157 Å². The van der Waals surface area contributed by atoms with Crippen LogP contribution in [0.25, 0.3) is 96.6 Å².